The summed E-state index contributed by atoms with van der Waals surface area (Å²) >= 11 is 0. The highest BCUT2D eigenvalue weighted by Crippen LogP contribution is 2.37. The molecule has 2 atom stereocenters. The second-order valence-corrected chi connectivity index (χ2v) is 17.1. The third-order valence-electron chi connectivity index (χ3n) is 9.52. The van der Waals surface area contributed by atoms with Crippen LogP contribution in [0.15, 0.2) is 170 Å². The quantitative estimate of drug-likeness (QED) is 0.146. The zero-order valence-electron chi connectivity index (χ0n) is 27.5. The van der Waals surface area contributed by atoms with E-state index in [1.165, 1.54) is 55.8 Å². The molecule has 48 heavy (non-hydrogen) atoms. The topological polar surface area (TPSA) is 29.3 Å². The van der Waals surface area contributed by atoms with Crippen LogP contribution in [0, 0.1) is 0 Å². The van der Waals surface area contributed by atoms with Gasteiger partial charge in [-0.25, -0.2) is 0 Å². The molecule has 4 heteroatoms. The van der Waals surface area contributed by atoms with E-state index in [2.05, 4.69) is 175 Å². The fourth-order valence-electron chi connectivity index (χ4n) is 7.21. The first-order valence-corrected chi connectivity index (χ1v) is 19.9. The van der Waals surface area contributed by atoms with Crippen LogP contribution in [-0.4, -0.2) is 17.0 Å². The molecule has 240 valence electrons. The molecule has 6 aromatic rings. The molecule has 0 radical (unpaired) electrons. The molecule has 0 aliphatic heterocycles. The lowest BCUT2D eigenvalue weighted by atomic mass is 9.89. The third kappa shape index (κ3) is 7.54. The predicted octanol–water partition coefficient (Wildman–Crippen LogP) is 7.48. The second-order valence-electron chi connectivity index (χ2n) is 12.7. The van der Waals surface area contributed by atoms with Gasteiger partial charge in [-0.05, 0) is 71.6 Å². The smallest absolute Gasteiger partial charge is 0.0254 e. The molecule has 1 aliphatic rings. The van der Waals surface area contributed by atoms with Gasteiger partial charge in [-0.3, -0.25) is 4.90 Å². The van der Waals surface area contributed by atoms with Gasteiger partial charge in [0.2, 0.25) is 0 Å². The van der Waals surface area contributed by atoms with Crippen LogP contribution in [0.5, 0.6) is 0 Å². The van der Waals surface area contributed by atoms with Crippen LogP contribution in [0.4, 0.5) is 0 Å². The Balaban J connectivity index is 1.30. The number of hydrogen-bond acceptors (Lipinski definition) is 2. The summed E-state index contributed by atoms with van der Waals surface area (Å²) in [4.78, 5) is 2.73. The molecular formula is C44H44N2P2. The van der Waals surface area contributed by atoms with E-state index < -0.39 is 15.8 Å². The Kier molecular flexibility index (Phi) is 10.9. The largest absolute Gasteiger partial charge is 0.326 e. The van der Waals surface area contributed by atoms with E-state index in [9.17, 15) is 0 Å². The minimum atomic E-state index is -0.717. The van der Waals surface area contributed by atoms with E-state index in [1.807, 2.05) is 0 Å². The minimum absolute atomic E-state index is 0.174. The number of benzene rings is 6. The average molecular weight is 663 g/mol. The van der Waals surface area contributed by atoms with Gasteiger partial charge in [-0.1, -0.05) is 183 Å². The first-order chi connectivity index (χ1) is 23.8. The molecule has 0 unspecified atom stereocenters. The standard InChI is InChI=1S/C44H44N2P2/c45-41-29-15-16-30-42(41)46(33-35-19-13-17-31-43(35)47(37-21-5-1-6-22-37)38-23-7-2-8-24-38)34-36-20-14-18-32-44(36)48(39-25-9-3-10-26-39)40-27-11-4-12-28-40/h1-14,17-28,31-32,41-42H,15-16,29-30,33-34,45H2/t41-,42-/m0/s1. The summed E-state index contributed by atoms with van der Waals surface area (Å²) in [6.45, 7) is 1.74. The Bertz CT molecular complexity index is 1660. The van der Waals surface area contributed by atoms with E-state index in [-0.39, 0.29) is 6.04 Å². The van der Waals surface area contributed by atoms with Crippen molar-refractivity contribution >= 4 is 47.7 Å². The van der Waals surface area contributed by atoms with Crippen molar-refractivity contribution in [3.63, 3.8) is 0 Å². The summed E-state index contributed by atoms with van der Waals surface area (Å²) in [5.41, 5.74) is 9.82. The molecule has 0 spiro atoms. The monoisotopic (exact) mass is 662 g/mol. The molecule has 0 bridgehead atoms. The fraction of sp³-hybridized carbons (Fsp3) is 0.182. The molecule has 1 fully saturated rings. The van der Waals surface area contributed by atoms with Crippen LogP contribution in [0.2, 0.25) is 0 Å². The normalized spacial score (nSPS) is 16.4. The highest BCUT2D eigenvalue weighted by molar-refractivity contribution is 7.80. The van der Waals surface area contributed by atoms with E-state index in [1.54, 1.807) is 0 Å². The van der Waals surface area contributed by atoms with Gasteiger partial charge in [0.1, 0.15) is 0 Å². The maximum atomic E-state index is 7.01. The molecule has 0 amide bonds. The Morgan fingerprint density at radius 2 is 0.771 bits per heavy atom. The van der Waals surface area contributed by atoms with Crippen molar-refractivity contribution in [2.24, 2.45) is 5.73 Å². The van der Waals surface area contributed by atoms with Crippen LogP contribution in [0.25, 0.3) is 0 Å². The van der Waals surface area contributed by atoms with Crippen molar-refractivity contribution in [1.29, 1.82) is 0 Å². The first-order valence-electron chi connectivity index (χ1n) is 17.2. The van der Waals surface area contributed by atoms with Crippen molar-refractivity contribution in [1.82, 2.24) is 4.90 Å². The summed E-state index contributed by atoms with van der Waals surface area (Å²) < 4.78 is 0. The van der Waals surface area contributed by atoms with Gasteiger partial charge in [0.25, 0.3) is 0 Å². The molecule has 1 aliphatic carbocycles. The van der Waals surface area contributed by atoms with Crippen molar-refractivity contribution in [2.75, 3.05) is 0 Å². The molecule has 2 nitrogen and oxygen atoms in total. The van der Waals surface area contributed by atoms with Crippen LogP contribution >= 0.6 is 15.8 Å². The minimum Gasteiger partial charge on any atom is -0.326 e. The van der Waals surface area contributed by atoms with E-state index in [4.69, 9.17) is 5.73 Å². The molecule has 7 rings (SSSR count). The lowest BCUT2D eigenvalue weighted by Gasteiger charge is -2.39. The highest BCUT2D eigenvalue weighted by atomic mass is 31.1. The molecule has 0 saturated heterocycles. The number of nitrogens with two attached hydrogens (primary N) is 1. The fourth-order valence-corrected chi connectivity index (χ4v) is 12.1. The van der Waals surface area contributed by atoms with Gasteiger partial charge >= 0.3 is 0 Å². The van der Waals surface area contributed by atoms with Crippen LogP contribution < -0.4 is 37.6 Å². The molecule has 1 saturated carbocycles. The summed E-state index contributed by atoms with van der Waals surface area (Å²) in [7, 11) is -1.43. The first kappa shape index (κ1) is 32.6. The van der Waals surface area contributed by atoms with Gasteiger partial charge in [-0.15, -0.1) is 0 Å². The van der Waals surface area contributed by atoms with Crippen molar-refractivity contribution in [2.45, 2.75) is 50.9 Å². The zero-order valence-corrected chi connectivity index (χ0v) is 29.3. The summed E-state index contributed by atoms with van der Waals surface area (Å²) in [6.07, 6.45) is 4.69. The van der Waals surface area contributed by atoms with Crippen molar-refractivity contribution in [3.05, 3.63) is 181 Å². The van der Waals surface area contributed by atoms with Crippen LogP contribution in [0.1, 0.15) is 36.8 Å². The van der Waals surface area contributed by atoms with Gasteiger partial charge < -0.3 is 5.73 Å². The van der Waals surface area contributed by atoms with Gasteiger partial charge in [0.05, 0.1) is 0 Å². The van der Waals surface area contributed by atoms with Gasteiger partial charge in [-0.2, -0.15) is 0 Å². The van der Waals surface area contributed by atoms with Gasteiger partial charge in [0, 0.05) is 25.2 Å². The van der Waals surface area contributed by atoms with E-state index >= 15 is 0 Å². The molecule has 0 aromatic heterocycles. The Morgan fingerprint density at radius 3 is 1.15 bits per heavy atom. The molecule has 0 heterocycles. The van der Waals surface area contributed by atoms with Crippen molar-refractivity contribution < 1.29 is 0 Å². The average Bonchev–Trinajstić information content (AvgIpc) is 3.15. The van der Waals surface area contributed by atoms with E-state index in [0.717, 1.165) is 25.9 Å². The lowest BCUT2D eigenvalue weighted by Crippen LogP contribution is -2.49. The molecule has 6 aromatic carbocycles. The Hall–Kier alpha value is -3.90. The molecule has 2 N–H and O–H groups in total. The van der Waals surface area contributed by atoms with E-state index in [0.29, 0.717) is 6.04 Å². The van der Waals surface area contributed by atoms with Crippen LogP contribution in [-0.2, 0) is 13.1 Å². The van der Waals surface area contributed by atoms with Gasteiger partial charge in [0.15, 0.2) is 0 Å². The van der Waals surface area contributed by atoms with Crippen molar-refractivity contribution in [3.8, 4) is 0 Å². The molecular weight excluding hydrogens is 618 g/mol. The third-order valence-corrected chi connectivity index (χ3v) is 14.6. The number of hydrogen-bond donors (Lipinski definition) is 1. The number of nitrogens with zero attached hydrogens (tertiary/aromatic N) is 1. The SMILES string of the molecule is N[C@H]1CCCC[C@@H]1N(Cc1ccccc1P(c1ccccc1)c1ccccc1)Cc1ccccc1P(c1ccccc1)c1ccccc1. The summed E-state index contributed by atoms with van der Waals surface area (Å²) in [6, 6.07) is 63.2. The lowest BCUT2D eigenvalue weighted by molar-refractivity contribution is 0.122. The summed E-state index contributed by atoms with van der Waals surface area (Å²) in [5.74, 6) is 0. The number of rotatable bonds is 11. The zero-order chi connectivity index (χ0) is 32.5. The predicted molar refractivity (Wildman–Crippen MR) is 210 cm³/mol. The highest BCUT2D eigenvalue weighted by Gasteiger charge is 2.30. The summed E-state index contributed by atoms with van der Waals surface area (Å²) in [5, 5.41) is 8.40. The Morgan fingerprint density at radius 1 is 0.438 bits per heavy atom. The van der Waals surface area contributed by atoms with Crippen LogP contribution in [0.3, 0.4) is 0 Å². The maximum Gasteiger partial charge on any atom is 0.0254 e. The Labute approximate surface area is 289 Å². The maximum absolute atomic E-state index is 7.01. The second kappa shape index (κ2) is 16.0.